The summed E-state index contributed by atoms with van der Waals surface area (Å²) in [5, 5.41) is 12.9. The summed E-state index contributed by atoms with van der Waals surface area (Å²) >= 11 is 7.50. The summed E-state index contributed by atoms with van der Waals surface area (Å²) in [4.78, 5) is 27.2. The summed E-state index contributed by atoms with van der Waals surface area (Å²) in [5.74, 6) is 0.438. The van der Waals surface area contributed by atoms with Crippen molar-refractivity contribution in [3.05, 3.63) is 69.7 Å². The lowest BCUT2D eigenvalue weighted by molar-refractivity contribution is -0.121. The van der Waals surface area contributed by atoms with Crippen molar-refractivity contribution in [3.63, 3.8) is 0 Å². The number of likely N-dealkylation sites (tertiary alicyclic amines) is 1. The maximum Gasteiger partial charge on any atom is 0.255 e. The van der Waals surface area contributed by atoms with Crippen molar-refractivity contribution < 1.29 is 14.3 Å². The lowest BCUT2D eigenvalue weighted by Crippen LogP contribution is -2.41. The summed E-state index contributed by atoms with van der Waals surface area (Å²) in [5.41, 5.74) is 1.51. The van der Waals surface area contributed by atoms with Crippen LogP contribution in [0.1, 0.15) is 33.8 Å². The predicted molar refractivity (Wildman–Crippen MR) is 124 cm³/mol. The number of ether oxygens (including phenoxy) is 1. The van der Waals surface area contributed by atoms with Crippen LogP contribution in [0, 0.1) is 5.92 Å². The third-order valence-electron chi connectivity index (χ3n) is 5.49. The third kappa shape index (κ3) is 5.08. The molecule has 7 nitrogen and oxygen atoms in total. The van der Waals surface area contributed by atoms with Gasteiger partial charge in [-0.15, -0.1) is 10.2 Å². The van der Waals surface area contributed by atoms with Crippen molar-refractivity contribution in [2.24, 2.45) is 5.92 Å². The minimum atomic E-state index is -0.174. The SMILES string of the molecule is COc1ccccc1Cc1nnc(NC(=O)C2CCN(C(=O)c3ccccc3Cl)CC2)s1. The highest BCUT2D eigenvalue weighted by Gasteiger charge is 2.29. The van der Waals surface area contributed by atoms with Gasteiger partial charge in [0.1, 0.15) is 10.8 Å². The molecule has 1 saturated heterocycles. The molecule has 2 amide bonds. The minimum Gasteiger partial charge on any atom is -0.496 e. The van der Waals surface area contributed by atoms with Gasteiger partial charge in [-0.25, -0.2) is 0 Å². The Morgan fingerprint density at radius 3 is 2.59 bits per heavy atom. The molecular weight excluding hydrogens is 448 g/mol. The topological polar surface area (TPSA) is 84.4 Å². The highest BCUT2D eigenvalue weighted by Crippen LogP contribution is 2.26. The van der Waals surface area contributed by atoms with Crippen LogP contribution in [0.2, 0.25) is 5.02 Å². The van der Waals surface area contributed by atoms with Crippen LogP contribution in [0.15, 0.2) is 48.5 Å². The van der Waals surface area contributed by atoms with Gasteiger partial charge in [-0.2, -0.15) is 0 Å². The highest BCUT2D eigenvalue weighted by molar-refractivity contribution is 7.15. The van der Waals surface area contributed by atoms with Crippen LogP contribution in [0.25, 0.3) is 0 Å². The fraction of sp³-hybridized carbons (Fsp3) is 0.304. The first-order valence-corrected chi connectivity index (χ1v) is 11.5. The van der Waals surface area contributed by atoms with E-state index in [-0.39, 0.29) is 17.7 Å². The molecule has 2 aromatic carbocycles. The Bertz CT molecular complexity index is 1110. The molecule has 0 unspecified atom stereocenters. The quantitative estimate of drug-likeness (QED) is 0.581. The lowest BCUT2D eigenvalue weighted by atomic mass is 9.95. The molecule has 4 rings (SSSR count). The molecule has 1 fully saturated rings. The van der Waals surface area contributed by atoms with E-state index in [0.717, 1.165) is 16.3 Å². The first kappa shape index (κ1) is 22.2. The Hall–Kier alpha value is -2.97. The van der Waals surface area contributed by atoms with Crippen molar-refractivity contribution in [1.82, 2.24) is 15.1 Å². The fourth-order valence-corrected chi connectivity index (χ4v) is 4.73. The summed E-state index contributed by atoms with van der Waals surface area (Å²) in [6, 6.07) is 14.8. The molecular formula is C23H23ClN4O3S. The maximum absolute atomic E-state index is 12.7. The maximum atomic E-state index is 12.7. The van der Waals surface area contributed by atoms with Crippen LogP contribution in [0.4, 0.5) is 5.13 Å². The number of carbonyl (C=O) groups is 2. The van der Waals surface area contributed by atoms with Gasteiger partial charge in [0.25, 0.3) is 5.91 Å². The Balaban J connectivity index is 1.31. The fourth-order valence-electron chi connectivity index (χ4n) is 3.74. The zero-order valence-corrected chi connectivity index (χ0v) is 19.2. The molecule has 0 atom stereocenters. The van der Waals surface area contributed by atoms with E-state index < -0.39 is 0 Å². The van der Waals surface area contributed by atoms with E-state index in [1.807, 2.05) is 24.3 Å². The molecule has 2 heterocycles. The van der Waals surface area contributed by atoms with Gasteiger partial charge in [0.15, 0.2) is 0 Å². The number of carbonyl (C=O) groups excluding carboxylic acids is 2. The second-order valence-electron chi connectivity index (χ2n) is 7.53. The monoisotopic (exact) mass is 470 g/mol. The van der Waals surface area contributed by atoms with Gasteiger partial charge in [0.05, 0.1) is 17.7 Å². The smallest absolute Gasteiger partial charge is 0.255 e. The van der Waals surface area contributed by atoms with E-state index >= 15 is 0 Å². The molecule has 0 spiro atoms. The molecule has 1 aromatic heterocycles. The molecule has 1 N–H and O–H groups in total. The number of rotatable bonds is 6. The van der Waals surface area contributed by atoms with Crippen molar-refractivity contribution in [2.75, 3.05) is 25.5 Å². The first-order chi connectivity index (χ1) is 15.5. The average molecular weight is 471 g/mol. The van der Waals surface area contributed by atoms with Gasteiger partial charge in [-0.05, 0) is 31.0 Å². The lowest BCUT2D eigenvalue weighted by Gasteiger charge is -2.31. The van der Waals surface area contributed by atoms with Gasteiger partial charge < -0.3 is 15.0 Å². The summed E-state index contributed by atoms with van der Waals surface area (Å²) in [6.45, 7) is 1.02. The number of nitrogens with one attached hydrogen (secondary N) is 1. The number of methoxy groups -OCH3 is 1. The number of piperidine rings is 1. The zero-order valence-electron chi connectivity index (χ0n) is 17.6. The number of para-hydroxylation sites is 1. The number of hydrogen-bond acceptors (Lipinski definition) is 6. The van der Waals surface area contributed by atoms with Crippen LogP contribution >= 0.6 is 22.9 Å². The van der Waals surface area contributed by atoms with Crippen LogP contribution in [0.3, 0.4) is 0 Å². The summed E-state index contributed by atoms with van der Waals surface area (Å²) in [6.07, 6.45) is 1.77. The van der Waals surface area contributed by atoms with Gasteiger partial charge in [0, 0.05) is 31.0 Å². The summed E-state index contributed by atoms with van der Waals surface area (Å²) < 4.78 is 5.38. The van der Waals surface area contributed by atoms with Gasteiger partial charge >= 0.3 is 0 Å². The molecule has 1 aliphatic heterocycles. The second-order valence-corrected chi connectivity index (χ2v) is 8.99. The Morgan fingerprint density at radius 1 is 1.12 bits per heavy atom. The Kier molecular flexibility index (Phi) is 7.02. The van der Waals surface area contributed by atoms with Gasteiger partial charge in [0.2, 0.25) is 11.0 Å². The minimum absolute atomic E-state index is 0.0881. The normalized spacial score (nSPS) is 14.2. The van der Waals surface area contributed by atoms with E-state index in [0.29, 0.717) is 48.1 Å². The van der Waals surface area contributed by atoms with Crippen molar-refractivity contribution in [2.45, 2.75) is 19.3 Å². The first-order valence-electron chi connectivity index (χ1n) is 10.3. The number of anilines is 1. The standard InChI is InChI=1S/C23H23ClN4O3S/c1-31-19-9-5-2-6-16(19)14-20-26-27-23(32-20)25-21(29)15-10-12-28(13-11-15)22(30)17-7-3-4-8-18(17)24/h2-9,15H,10-14H2,1H3,(H,25,27,29). The van der Waals surface area contributed by atoms with Gasteiger partial charge in [-0.3, -0.25) is 9.59 Å². The van der Waals surface area contributed by atoms with E-state index in [1.165, 1.54) is 11.3 Å². The average Bonchev–Trinajstić information content (AvgIpc) is 3.26. The van der Waals surface area contributed by atoms with E-state index in [9.17, 15) is 9.59 Å². The predicted octanol–water partition coefficient (Wildman–Crippen LogP) is 4.28. The second kappa shape index (κ2) is 10.1. The van der Waals surface area contributed by atoms with Crippen molar-refractivity contribution in [1.29, 1.82) is 0 Å². The van der Waals surface area contributed by atoms with Crippen LogP contribution < -0.4 is 10.1 Å². The number of halogens is 1. The molecule has 0 radical (unpaired) electrons. The van der Waals surface area contributed by atoms with E-state index in [2.05, 4.69) is 15.5 Å². The Labute approximate surface area is 195 Å². The zero-order chi connectivity index (χ0) is 22.5. The molecule has 0 aliphatic carbocycles. The third-order valence-corrected chi connectivity index (χ3v) is 6.66. The largest absolute Gasteiger partial charge is 0.496 e. The Morgan fingerprint density at radius 2 is 1.84 bits per heavy atom. The van der Waals surface area contributed by atoms with Crippen LogP contribution in [-0.4, -0.2) is 47.1 Å². The molecule has 32 heavy (non-hydrogen) atoms. The molecule has 0 saturated carbocycles. The number of benzene rings is 2. The van der Waals surface area contributed by atoms with Crippen molar-refractivity contribution >= 4 is 39.9 Å². The number of hydrogen-bond donors (Lipinski definition) is 1. The van der Waals surface area contributed by atoms with Gasteiger partial charge in [-0.1, -0.05) is 53.3 Å². The van der Waals surface area contributed by atoms with E-state index in [1.54, 1.807) is 36.3 Å². The molecule has 9 heteroatoms. The molecule has 0 bridgehead atoms. The van der Waals surface area contributed by atoms with Crippen LogP contribution in [0.5, 0.6) is 5.75 Å². The number of aromatic nitrogens is 2. The number of amides is 2. The van der Waals surface area contributed by atoms with Crippen molar-refractivity contribution in [3.8, 4) is 5.75 Å². The van der Waals surface area contributed by atoms with Crippen LogP contribution in [-0.2, 0) is 11.2 Å². The number of nitrogens with zero attached hydrogens (tertiary/aromatic N) is 3. The molecule has 166 valence electrons. The molecule has 1 aliphatic rings. The van der Waals surface area contributed by atoms with E-state index in [4.69, 9.17) is 16.3 Å². The summed E-state index contributed by atoms with van der Waals surface area (Å²) in [7, 11) is 1.64. The molecule has 3 aromatic rings. The highest BCUT2D eigenvalue weighted by atomic mass is 35.5.